The van der Waals surface area contributed by atoms with Crippen LogP contribution in [-0.4, -0.2) is 17.6 Å². The molecule has 4 heteroatoms. The van der Waals surface area contributed by atoms with Gasteiger partial charge in [0, 0.05) is 17.5 Å². The third-order valence-electron chi connectivity index (χ3n) is 2.28. The van der Waals surface area contributed by atoms with Crippen molar-refractivity contribution in [2.24, 2.45) is 0 Å². The first-order valence-electron chi connectivity index (χ1n) is 5.31. The van der Waals surface area contributed by atoms with Crippen molar-refractivity contribution >= 4 is 27.5 Å². The van der Waals surface area contributed by atoms with Crippen LogP contribution in [0, 0.1) is 6.92 Å². The van der Waals surface area contributed by atoms with E-state index < -0.39 is 0 Å². The molecule has 0 bridgehead atoms. The van der Waals surface area contributed by atoms with Crippen LogP contribution in [0.25, 0.3) is 0 Å². The minimum Gasteiger partial charge on any atom is -0.396 e. The summed E-state index contributed by atoms with van der Waals surface area (Å²) < 4.78 is 0.922. The number of nitrogens with one attached hydrogen (secondary N) is 1. The lowest BCUT2D eigenvalue weighted by Gasteiger charge is -2.08. The van der Waals surface area contributed by atoms with Crippen LogP contribution in [0.3, 0.4) is 0 Å². The van der Waals surface area contributed by atoms with Gasteiger partial charge in [-0.05, 0) is 47.3 Å². The first-order chi connectivity index (χ1) is 7.65. The first kappa shape index (κ1) is 13.2. The fourth-order valence-corrected chi connectivity index (χ4v) is 1.72. The van der Waals surface area contributed by atoms with Crippen LogP contribution >= 0.6 is 15.9 Å². The Labute approximate surface area is 104 Å². The second kappa shape index (κ2) is 6.66. The van der Waals surface area contributed by atoms with Gasteiger partial charge in [0.25, 0.3) is 0 Å². The van der Waals surface area contributed by atoms with E-state index in [0.29, 0.717) is 19.3 Å². The number of carbonyl (C=O) groups excluding carboxylic acids is 1. The number of carbonyl (C=O) groups is 1. The summed E-state index contributed by atoms with van der Waals surface area (Å²) in [5.74, 6) is -0.0141. The molecule has 0 spiro atoms. The third kappa shape index (κ3) is 3.94. The molecule has 1 rings (SSSR count). The summed E-state index contributed by atoms with van der Waals surface area (Å²) in [7, 11) is 0. The number of aliphatic hydroxyl groups excluding tert-OH is 1. The molecule has 0 saturated heterocycles. The molecular formula is C12H16BrNO2. The van der Waals surface area contributed by atoms with Gasteiger partial charge in [-0.1, -0.05) is 12.1 Å². The maximum Gasteiger partial charge on any atom is 0.224 e. The number of hydrogen-bond acceptors (Lipinski definition) is 2. The van der Waals surface area contributed by atoms with Crippen LogP contribution in [0.15, 0.2) is 22.7 Å². The highest BCUT2D eigenvalue weighted by Gasteiger charge is 2.06. The fraction of sp³-hybridized carbons (Fsp3) is 0.417. The zero-order valence-corrected chi connectivity index (χ0v) is 10.9. The average Bonchev–Trinajstić information content (AvgIpc) is 2.25. The minimum atomic E-state index is -0.0141. The van der Waals surface area contributed by atoms with Crippen LogP contribution in [-0.2, 0) is 4.79 Å². The Morgan fingerprint density at radius 1 is 1.44 bits per heavy atom. The van der Waals surface area contributed by atoms with Gasteiger partial charge in [-0.15, -0.1) is 0 Å². The van der Waals surface area contributed by atoms with Crippen molar-refractivity contribution in [2.45, 2.75) is 26.2 Å². The molecule has 0 atom stereocenters. The van der Waals surface area contributed by atoms with Crippen molar-refractivity contribution in [3.8, 4) is 0 Å². The van der Waals surface area contributed by atoms with Gasteiger partial charge >= 0.3 is 0 Å². The highest BCUT2D eigenvalue weighted by Crippen LogP contribution is 2.25. The Hall–Kier alpha value is -0.870. The number of aryl methyl sites for hydroxylation is 1. The van der Waals surface area contributed by atoms with Crippen LogP contribution in [0.5, 0.6) is 0 Å². The summed E-state index contributed by atoms with van der Waals surface area (Å²) in [6.45, 7) is 2.12. The molecule has 0 aliphatic heterocycles. The van der Waals surface area contributed by atoms with E-state index in [1.807, 2.05) is 25.1 Å². The topological polar surface area (TPSA) is 49.3 Å². The highest BCUT2D eigenvalue weighted by atomic mass is 79.9. The quantitative estimate of drug-likeness (QED) is 0.818. The minimum absolute atomic E-state index is 0.0141. The molecular weight excluding hydrogens is 270 g/mol. The molecule has 0 aromatic heterocycles. The maximum absolute atomic E-state index is 11.5. The van der Waals surface area contributed by atoms with Crippen molar-refractivity contribution in [1.82, 2.24) is 0 Å². The second-order valence-corrected chi connectivity index (χ2v) is 4.46. The Morgan fingerprint density at radius 3 is 2.88 bits per heavy atom. The predicted molar refractivity (Wildman–Crippen MR) is 68.4 cm³/mol. The Morgan fingerprint density at radius 2 is 2.19 bits per heavy atom. The number of aliphatic hydroxyl groups is 1. The number of halogens is 1. The normalized spacial score (nSPS) is 10.2. The molecule has 16 heavy (non-hydrogen) atoms. The summed E-state index contributed by atoms with van der Waals surface area (Å²) in [6.07, 6.45) is 1.83. The Balaban J connectivity index is 2.53. The molecule has 0 heterocycles. The summed E-state index contributed by atoms with van der Waals surface area (Å²) in [6, 6.07) is 5.75. The smallest absolute Gasteiger partial charge is 0.224 e. The summed E-state index contributed by atoms with van der Waals surface area (Å²) in [4.78, 5) is 11.5. The average molecular weight is 286 g/mol. The van der Waals surface area contributed by atoms with Gasteiger partial charge in [0.2, 0.25) is 5.91 Å². The molecule has 2 N–H and O–H groups in total. The van der Waals surface area contributed by atoms with Crippen molar-refractivity contribution in [3.63, 3.8) is 0 Å². The lowest BCUT2D eigenvalue weighted by Crippen LogP contribution is -2.11. The maximum atomic E-state index is 11.5. The van der Waals surface area contributed by atoms with E-state index in [2.05, 4.69) is 21.2 Å². The van der Waals surface area contributed by atoms with Gasteiger partial charge < -0.3 is 10.4 Å². The number of unbranched alkanes of at least 4 members (excludes halogenated alkanes) is 1. The lowest BCUT2D eigenvalue weighted by molar-refractivity contribution is -0.116. The number of amides is 1. The van der Waals surface area contributed by atoms with Gasteiger partial charge in [0.1, 0.15) is 0 Å². The molecule has 0 aliphatic carbocycles. The number of anilines is 1. The van der Waals surface area contributed by atoms with Gasteiger partial charge in [0.15, 0.2) is 0 Å². The summed E-state index contributed by atoms with van der Waals surface area (Å²) >= 11 is 3.44. The number of benzene rings is 1. The van der Waals surface area contributed by atoms with E-state index in [4.69, 9.17) is 5.11 Å². The molecule has 0 radical (unpaired) electrons. The van der Waals surface area contributed by atoms with E-state index in [0.717, 1.165) is 15.7 Å². The van der Waals surface area contributed by atoms with Crippen molar-refractivity contribution in [1.29, 1.82) is 0 Å². The summed E-state index contributed by atoms with van der Waals surface area (Å²) in [5.41, 5.74) is 1.89. The van der Waals surface area contributed by atoms with Gasteiger partial charge in [-0.25, -0.2) is 0 Å². The standard InChI is InChI=1S/C12H16BrNO2/c1-9-5-4-6-10(12(9)13)14-11(16)7-2-3-8-15/h4-6,15H,2-3,7-8H2,1H3,(H,14,16). The molecule has 0 aliphatic rings. The molecule has 0 unspecified atom stereocenters. The Kier molecular flexibility index (Phi) is 5.49. The van der Waals surface area contributed by atoms with E-state index in [-0.39, 0.29) is 12.5 Å². The van der Waals surface area contributed by atoms with Gasteiger partial charge in [-0.3, -0.25) is 4.79 Å². The van der Waals surface area contributed by atoms with Crippen molar-refractivity contribution in [2.75, 3.05) is 11.9 Å². The van der Waals surface area contributed by atoms with Gasteiger partial charge in [0.05, 0.1) is 5.69 Å². The van der Waals surface area contributed by atoms with Crippen molar-refractivity contribution in [3.05, 3.63) is 28.2 Å². The highest BCUT2D eigenvalue weighted by molar-refractivity contribution is 9.10. The molecule has 0 saturated carbocycles. The number of hydrogen-bond donors (Lipinski definition) is 2. The van der Waals surface area contributed by atoms with Crippen LogP contribution < -0.4 is 5.32 Å². The van der Waals surface area contributed by atoms with E-state index in [1.54, 1.807) is 0 Å². The largest absolute Gasteiger partial charge is 0.396 e. The number of rotatable bonds is 5. The van der Waals surface area contributed by atoms with Gasteiger partial charge in [-0.2, -0.15) is 0 Å². The molecule has 1 aromatic rings. The van der Waals surface area contributed by atoms with E-state index in [1.165, 1.54) is 0 Å². The predicted octanol–water partition coefficient (Wildman–Crippen LogP) is 2.86. The SMILES string of the molecule is Cc1cccc(NC(=O)CCCCO)c1Br. The van der Waals surface area contributed by atoms with Crippen LogP contribution in [0.2, 0.25) is 0 Å². The second-order valence-electron chi connectivity index (χ2n) is 3.67. The lowest BCUT2D eigenvalue weighted by atomic mass is 10.2. The first-order valence-corrected chi connectivity index (χ1v) is 6.10. The monoisotopic (exact) mass is 285 g/mol. The third-order valence-corrected chi connectivity index (χ3v) is 3.33. The molecule has 88 valence electrons. The van der Waals surface area contributed by atoms with E-state index in [9.17, 15) is 4.79 Å². The van der Waals surface area contributed by atoms with E-state index >= 15 is 0 Å². The molecule has 3 nitrogen and oxygen atoms in total. The molecule has 1 aromatic carbocycles. The Bertz CT molecular complexity index is 366. The molecule has 0 fully saturated rings. The van der Waals surface area contributed by atoms with Crippen LogP contribution in [0.1, 0.15) is 24.8 Å². The fourth-order valence-electron chi connectivity index (χ4n) is 1.35. The molecule has 1 amide bonds. The van der Waals surface area contributed by atoms with Crippen molar-refractivity contribution < 1.29 is 9.90 Å². The summed E-state index contributed by atoms with van der Waals surface area (Å²) in [5, 5.41) is 11.5. The van der Waals surface area contributed by atoms with Crippen LogP contribution in [0.4, 0.5) is 5.69 Å². The zero-order chi connectivity index (χ0) is 12.0. The zero-order valence-electron chi connectivity index (χ0n) is 9.29.